The lowest BCUT2D eigenvalue weighted by atomic mass is 10.1. The van der Waals surface area contributed by atoms with Crippen molar-refractivity contribution in [3.05, 3.63) is 48.0 Å². The van der Waals surface area contributed by atoms with Gasteiger partial charge in [-0.1, -0.05) is 23.9 Å². The van der Waals surface area contributed by atoms with E-state index in [9.17, 15) is 13.6 Å². The SMILES string of the molecule is COc1cc(C(=O)Nc2ccccc2SC(F)F)ccc1OC(C)C. The van der Waals surface area contributed by atoms with Crippen LogP contribution in [0.5, 0.6) is 11.5 Å². The Bertz CT molecular complexity index is 738. The molecule has 7 heteroatoms. The Balaban J connectivity index is 2.21. The van der Waals surface area contributed by atoms with Crippen LogP contribution in [0.3, 0.4) is 0 Å². The van der Waals surface area contributed by atoms with E-state index in [2.05, 4.69) is 5.32 Å². The van der Waals surface area contributed by atoms with Crippen LogP contribution in [0.2, 0.25) is 0 Å². The number of halogens is 2. The molecule has 2 aromatic carbocycles. The maximum atomic E-state index is 12.6. The number of hydrogen-bond donors (Lipinski definition) is 1. The van der Waals surface area contributed by atoms with Gasteiger partial charge in [0.25, 0.3) is 11.7 Å². The van der Waals surface area contributed by atoms with Crippen molar-refractivity contribution in [1.82, 2.24) is 0 Å². The predicted molar refractivity (Wildman–Crippen MR) is 95.0 cm³/mol. The van der Waals surface area contributed by atoms with Crippen molar-refractivity contribution in [2.45, 2.75) is 30.6 Å². The van der Waals surface area contributed by atoms with Crippen LogP contribution in [0.1, 0.15) is 24.2 Å². The third-order valence-corrected chi connectivity index (χ3v) is 3.93. The maximum Gasteiger partial charge on any atom is 0.288 e. The van der Waals surface area contributed by atoms with Crippen LogP contribution in [0.15, 0.2) is 47.4 Å². The minimum Gasteiger partial charge on any atom is -0.493 e. The number of carbonyl (C=O) groups excluding carboxylic acids is 1. The summed E-state index contributed by atoms with van der Waals surface area (Å²) >= 11 is 0.386. The minimum atomic E-state index is -2.56. The van der Waals surface area contributed by atoms with Crippen molar-refractivity contribution in [2.75, 3.05) is 12.4 Å². The van der Waals surface area contributed by atoms with Gasteiger partial charge in [-0.2, -0.15) is 8.78 Å². The zero-order valence-corrected chi connectivity index (χ0v) is 14.9. The van der Waals surface area contributed by atoms with Gasteiger partial charge in [0.1, 0.15) is 0 Å². The highest BCUT2D eigenvalue weighted by Crippen LogP contribution is 2.33. The molecule has 1 amide bonds. The average molecular weight is 367 g/mol. The van der Waals surface area contributed by atoms with Crippen molar-refractivity contribution in [3.8, 4) is 11.5 Å². The van der Waals surface area contributed by atoms with E-state index in [0.29, 0.717) is 39.4 Å². The molecule has 0 aliphatic heterocycles. The van der Waals surface area contributed by atoms with Gasteiger partial charge in [0, 0.05) is 10.5 Å². The molecule has 0 fully saturated rings. The zero-order valence-electron chi connectivity index (χ0n) is 14.1. The highest BCUT2D eigenvalue weighted by atomic mass is 32.2. The molecule has 0 heterocycles. The molecule has 0 spiro atoms. The zero-order chi connectivity index (χ0) is 18.4. The van der Waals surface area contributed by atoms with Gasteiger partial charge < -0.3 is 14.8 Å². The topological polar surface area (TPSA) is 47.6 Å². The van der Waals surface area contributed by atoms with Crippen LogP contribution in [0.25, 0.3) is 0 Å². The number of para-hydroxylation sites is 1. The number of nitrogens with one attached hydrogen (secondary N) is 1. The molecule has 2 aromatic rings. The number of alkyl halides is 2. The van der Waals surface area contributed by atoms with Gasteiger partial charge in [-0.3, -0.25) is 4.79 Å². The summed E-state index contributed by atoms with van der Waals surface area (Å²) in [4.78, 5) is 12.8. The van der Waals surface area contributed by atoms with Gasteiger partial charge in [-0.25, -0.2) is 0 Å². The van der Waals surface area contributed by atoms with Crippen molar-refractivity contribution >= 4 is 23.4 Å². The van der Waals surface area contributed by atoms with E-state index in [-0.39, 0.29) is 6.10 Å². The number of amides is 1. The number of methoxy groups -OCH3 is 1. The first-order chi connectivity index (χ1) is 11.9. The van der Waals surface area contributed by atoms with Crippen LogP contribution >= 0.6 is 11.8 Å². The van der Waals surface area contributed by atoms with Crippen LogP contribution < -0.4 is 14.8 Å². The molecule has 4 nitrogen and oxygen atoms in total. The molecule has 25 heavy (non-hydrogen) atoms. The molecule has 134 valence electrons. The second-order valence-corrected chi connectivity index (χ2v) is 6.39. The van der Waals surface area contributed by atoms with E-state index in [4.69, 9.17) is 9.47 Å². The molecule has 1 N–H and O–H groups in total. The van der Waals surface area contributed by atoms with E-state index in [0.717, 1.165) is 0 Å². The number of benzene rings is 2. The van der Waals surface area contributed by atoms with E-state index >= 15 is 0 Å². The molecule has 0 aromatic heterocycles. The lowest BCUT2D eigenvalue weighted by molar-refractivity contribution is 0.102. The fourth-order valence-corrected chi connectivity index (χ4v) is 2.72. The van der Waals surface area contributed by atoms with Gasteiger partial charge in [-0.15, -0.1) is 0 Å². The fourth-order valence-electron chi connectivity index (χ4n) is 2.12. The van der Waals surface area contributed by atoms with Crippen LogP contribution in [-0.2, 0) is 0 Å². The lowest BCUT2D eigenvalue weighted by Gasteiger charge is -2.15. The number of carbonyl (C=O) groups is 1. The number of thioether (sulfide) groups is 1. The number of anilines is 1. The summed E-state index contributed by atoms with van der Waals surface area (Å²) in [5.74, 6) is -2.03. The molecule has 0 saturated carbocycles. The Labute approximate surface area is 149 Å². The Kier molecular flexibility index (Phi) is 6.64. The van der Waals surface area contributed by atoms with Crippen molar-refractivity contribution in [2.24, 2.45) is 0 Å². The average Bonchev–Trinajstić information content (AvgIpc) is 2.56. The Morgan fingerprint density at radius 1 is 1.12 bits per heavy atom. The lowest BCUT2D eigenvalue weighted by Crippen LogP contribution is -2.13. The van der Waals surface area contributed by atoms with Gasteiger partial charge in [-0.05, 0) is 44.2 Å². The molecule has 0 saturated heterocycles. The number of hydrogen-bond acceptors (Lipinski definition) is 4. The largest absolute Gasteiger partial charge is 0.493 e. The molecule has 0 aliphatic carbocycles. The standard InChI is InChI=1S/C18H19F2NO3S/c1-11(2)24-14-9-8-12(10-15(14)23-3)17(22)21-13-6-4-5-7-16(13)25-18(19)20/h4-11,18H,1-3H3,(H,21,22). The fraction of sp³-hybridized carbons (Fsp3) is 0.278. The quantitative estimate of drug-likeness (QED) is 0.696. The first-order valence-electron chi connectivity index (χ1n) is 7.60. The first kappa shape index (κ1) is 19.1. The predicted octanol–water partition coefficient (Wildman–Crippen LogP) is 5.05. The van der Waals surface area contributed by atoms with E-state index in [1.54, 1.807) is 36.4 Å². The molecular formula is C18H19F2NO3S. The summed E-state index contributed by atoms with van der Waals surface area (Å²) in [6, 6.07) is 11.2. The van der Waals surface area contributed by atoms with Crippen LogP contribution in [0, 0.1) is 0 Å². The van der Waals surface area contributed by atoms with Gasteiger partial charge >= 0.3 is 0 Å². The van der Waals surface area contributed by atoms with E-state index < -0.39 is 11.7 Å². The summed E-state index contributed by atoms with van der Waals surface area (Å²) in [6.07, 6.45) is -0.0353. The molecule has 0 radical (unpaired) electrons. The molecule has 2 rings (SSSR count). The summed E-state index contributed by atoms with van der Waals surface area (Å²) in [5.41, 5.74) is 0.670. The highest BCUT2D eigenvalue weighted by molar-refractivity contribution is 7.99. The summed E-state index contributed by atoms with van der Waals surface area (Å²) in [6.45, 7) is 3.77. The van der Waals surface area contributed by atoms with Gasteiger partial charge in [0.15, 0.2) is 11.5 Å². The summed E-state index contributed by atoms with van der Waals surface area (Å²) in [7, 11) is 1.48. The molecular weight excluding hydrogens is 348 g/mol. The monoisotopic (exact) mass is 367 g/mol. The molecule has 0 bridgehead atoms. The summed E-state index contributed by atoms with van der Waals surface area (Å²) < 4.78 is 36.1. The Hall–Kier alpha value is -2.28. The molecule has 0 atom stereocenters. The third kappa shape index (κ3) is 5.35. The Morgan fingerprint density at radius 3 is 2.48 bits per heavy atom. The third-order valence-electron chi connectivity index (χ3n) is 3.14. The number of rotatable bonds is 7. The van der Waals surface area contributed by atoms with E-state index in [1.165, 1.54) is 13.2 Å². The minimum absolute atomic E-state index is 0.0353. The van der Waals surface area contributed by atoms with Crippen molar-refractivity contribution < 1.29 is 23.0 Å². The first-order valence-corrected chi connectivity index (χ1v) is 8.48. The maximum absolute atomic E-state index is 12.6. The normalized spacial score (nSPS) is 10.8. The molecule has 0 aliphatic rings. The number of ether oxygens (including phenoxy) is 2. The van der Waals surface area contributed by atoms with Gasteiger partial charge in [0.2, 0.25) is 0 Å². The van der Waals surface area contributed by atoms with Crippen molar-refractivity contribution in [1.29, 1.82) is 0 Å². The van der Waals surface area contributed by atoms with E-state index in [1.807, 2.05) is 13.8 Å². The van der Waals surface area contributed by atoms with Crippen molar-refractivity contribution in [3.63, 3.8) is 0 Å². The second-order valence-electron chi connectivity index (χ2n) is 5.36. The second kappa shape index (κ2) is 8.71. The van der Waals surface area contributed by atoms with Crippen LogP contribution in [-0.4, -0.2) is 24.9 Å². The summed E-state index contributed by atoms with van der Waals surface area (Å²) in [5, 5.41) is 2.65. The molecule has 0 unspecified atom stereocenters. The smallest absolute Gasteiger partial charge is 0.288 e. The highest BCUT2D eigenvalue weighted by Gasteiger charge is 2.15. The van der Waals surface area contributed by atoms with Gasteiger partial charge in [0.05, 0.1) is 18.9 Å². The Morgan fingerprint density at radius 2 is 1.84 bits per heavy atom. The van der Waals surface area contributed by atoms with Crippen LogP contribution in [0.4, 0.5) is 14.5 Å².